The molecule has 0 spiro atoms. The Morgan fingerprint density at radius 3 is 2.48 bits per heavy atom. The molecular weight excluding hydrogens is 360 g/mol. The van der Waals surface area contributed by atoms with E-state index in [1.807, 2.05) is 36.4 Å². The van der Waals surface area contributed by atoms with Crippen molar-refractivity contribution in [3.05, 3.63) is 76.7 Å². The minimum Gasteiger partial charge on any atom is -0.496 e. The summed E-state index contributed by atoms with van der Waals surface area (Å²) in [5, 5.41) is 6.23. The van der Waals surface area contributed by atoms with Gasteiger partial charge >= 0.3 is 0 Å². The van der Waals surface area contributed by atoms with Gasteiger partial charge in [0, 0.05) is 24.6 Å². The van der Waals surface area contributed by atoms with E-state index in [2.05, 4.69) is 22.8 Å². The maximum atomic E-state index is 12.5. The van der Waals surface area contributed by atoms with Crippen LogP contribution in [0.3, 0.4) is 0 Å². The molecule has 27 heavy (non-hydrogen) atoms. The highest BCUT2D eigenvalue weighted by molar-refractivity contribution is 7.18. The molecule has 0 aliphatic carbocycles. The number of thiophene rings is 1. The Morgan fingerprint density at radius 2 is 1.78 bits per heavy atom. The van der Waals surface area contributed by atoms with Gasteiger partial charge in [-0.2, -0.15) is 0 Å². The molecule has 0 aliphatic heterocycles. The average Bonchev–Trinajstić information content (AvgIpc) is 3.11. The monoisotopic (exact) mass is 380 g/mol. The van der Waals surface area contributed by atoms with Gasteiger partial charge in [-0.25, -0.2) is 0 Å². The number of amides is 2. The molecule has 5 nitrogen and oxygen atoms in total. The van der Waals surface area contributed by atoms with Crippen molar-refractivity contribution in [2.24, 2.45) is 0 Å². The number of methoxy groups -OCH3 is 1. The zero-order valence-electron chi connectivity index (χ0n) is 15.1. The lowest BCUT2D eigenvalue weighted by atomic mass is 10.0. The highest BCUT2D eigenvalue weighted by Crippen LogP contribution is 2.27. The third-order valence-corrected chi connectivity index (χ3v) is 4.90. The summed E-state index contributed by atoms with van der Waals surface area (Å²) in [5.74, 6) is 0.401. The van der Waals surface area contributed by atoms with Gasteiger partial charge in [0.15, 0.2) is 0 Å². The summed E-state index contributed by atoms with van der Waals surface area (Å²) in [7, 11) is 1.64. The molecule has 0 fully saturated rings. The van der Waals surface area contributed by atoms with Crippen molar-refractivity contribution >= 4 is 33.8 Å². The number of carbonyl (C=O) groups excluding carboxylic acids is 2. The molecule has 0 bridgehead atoms. The van der Waals surface area contributed by atoms with Crippen molar-refractivity contribution < 1.29 is 14.3 Å². The third kappa shape index (κ3) is 4.95. The molecular formula is C21H20N2O3S. The number of hydrogen-bond donors (Lipinski definition) is 2. The van der Waals surface area contributed by atoms with Crippen molar-refractivity contribution in [1.29, 1.82) is 0 Å². The molecule has 2 aromatic carbocycles. The molecule has 0 unspecified atom stereocenters. The number of rotatable bonds is 6. The highest BCUT2D eigenvalue weighted by Gasteiger charge is 2.12. The second-order valence-electron chi connectivity index (χ2n) is 5.99. The smallest absolute Gasteiger partial charge is 0.265 e. The predicted octanol–water partition coefficient (Wildman–Crippen LogP) is 4.56. The Bertz CT molecular complexity index is 951. The van der Waals surface area contributed by atoms with E-state index < -0.39 is 0 Å². The Morgan fingerprint density at radius 1 is 1.00 bits per heavy atom. The standard InChI is InChI=1S/C21H20N2O3S/c1-14(24)22-20-11-10-19(27-20)21(25)23-17-8-9-18(26-2)16(13-17)12-15-6-4-3-5-7-15/h3-11,13H,12H2,1-2H3,(H,22,24)(H,23,25). The Hall–Kier alpha value is -3.12. The van der Waals surface area contributed by atoms with E-state index in [9.17, 15) is 9.59 Å². The fourth-order valence-electron chi connectivity index (χ4n) is 2.70. The van der Waals surface area contributed by atoms with E-state index in [4.69, 9.17) is 4.74 Å². The van der Waals surface area contributed by atoms with Crippen molar-refractivity contribution in [1.82, 2.24) is 0 Å². The molecule has 138 valence electrons. The molecule has 0 aliphatic rings. The number of carbonyl (C=O) groups is 2. The van der Waals surface area contributed by atoms with Crippen LogP contribution in [0.2, 0.25) is 0 Å². The molecule has 3 aromatic rings. The van der Waals surface area contributed by atoms with Crippen LogP contribution < -0.4 is 15.4 Å². The molecule has 2 amide bonds. The van der Waals surface area contributed by atoms with Gasteiger partial charge in [-0.15, -0.1) is 11.3 Å². The SMILES string of the molecule is COc1ccc(NC(=O)c2ccc(NC(C)=O)s2)cc1Cc1ccccc1. The van der Waals surface area contributed by atoms with Gasteiger partial charge in [0.25, 0.3) is 5.91 Å². The molecule has 0 radical (unpaired) electrons. The summed E-state index contributed by atoms with van der Waals surface area (Å²) >= 11 is 1.23. The minimum atomic E-state index is -0.215. The van der Waals surface area contributed by atoms with Gasteiger partial charge in [0.05, 0.1) is 17.0 Å². The quantitative estimate of drug-likeness (QED) is 0.659. The van der Waals surface area contributed by atoms with Crippen LogP contribution in [0.25, 0.3) is 0 Å². The van der Waals surface area contributed by atoms with Gasteiger partial charge in [0.1, 0.15) is 5.75 Å². The third-order valence-electron chi connectivity index (χ3n) is 3.90. The lowest BCUT2D eigenvalue weighted by Crippen LogP contribution is -2.10. The van der Waals surface area contributed by atoms with Crippen molar-refractivity contribution in [3.8, 4) is 5.75 Å². The van der Waals surface area contributed by atoms with Crippen LogP contribution in [0, 0.1) is 0 Å². The molecule has 0 saturated carbocycles. The second-order valence-corrected chi connectivity index (χ2v) is 7.07. The topological polar surface area (TPSA) is 67.4 Å². The van der Waals surface area contributed by atoms with E-state index in [1.165, 1.54) is 18.3 Å². The first-order valence-electron chi connectivity index (χ1n) is 8.45. The van der Waals surface area contributed by atoms with Gasteiger partial charge < -0.3 is 15.4 Å². The summed E-state index contributed by atoms with van der Waals surface area (Å²) < 4.78 is 5.45. The molecule has 0 atom stereocenters. The van der Waals surface area contributed by atoms with Gasteiger partial charge in [0.2, 0.25) is 5.91 Å². The van der Waals surface area contributed by atoms with E-state index in [-0.39, 0.29) is 11.8 Å². The van der Waals surface area contributed by atoms with Crippen LogP contribution in [0.1, 0.15) is 27.7 Å². The van der Waals surface area contributed by atoms with Crippen molar-refractivity contribution in [3.63, 3.8) is 0 Å². The largest absolute Gasteiger partial charge is 0.496 e. The van der Waals surface area contributed by atoms with Gasteiger partial charge in [-0.05, 0) is 35.9 Å². The number of anilines is 2. The van der Waals surface area contributed by atoms with E-state index >= 15 is 0 Å². The Labute approximate surface area is 162 Å². The first-order chi connectivity index (χ1) is 13.0. The summed E-state index contributed by atoms with van der Waals surface area (Å²) in [6.07, 6.45) is 0.708. The van der Waals surface area contributed by atoms with Crippen LogP contribution in [0.4, 0.5) is 10.7 Å². The van der Waals surface area contributed by atoms with Crippen LogP contribution in [0.15, 0.2) is 60.7 Å². The van der Waals surface area contributed by atoms with Crippen LogP contribution in [0.5, 0.6) is 5.75 Å². The Balaban J connectivity index is 1.76. The van der Waals surface area contributed by atoms with Crippen LogP contribution in [-0.2, 0) is 11.2 Å². The summed E-state index contributed by atoms with van der Waals surface area (Å²) in [6.45, 7) is 1.44. The normalized spacial score (nSPS) is 10.3. The number of nitrogens with one attached hydrogen (secondary N) is 2. The first kappa shape index (κ1) is 18.7. The van der Waals surface area contributed by atoms with E-state index in [0.29, 0.717) is 22.0 Å². The van der Waals surface area contributed by atoms with Gasteiger partial charge in [-0.3, -0.25) is 9.59 Å². The lowest BCUT2D eigenvalue weighted by molar-refractivity contribution is -0.114. The molecule has 1 aromatic heterocycles. The van der Waals surface area contributed by atoms with Crippen molar-refractivity contribution in [2.75, 3.05) is 17.7 Å². The average molecular weight is 380 g/mol. The lowest BCUT2D eigenvalue weighted by Gasteiger charge is -2.12. The van der Waals surface area contributed by atoms with Gasteiger partial charge in [-0.1, -0.05) is 30.3 Å². The van der Waals surface area contributed by atoms with E-state index in [0.717, 1.165) is 16.9 Å². The second kappa shape index (κ2) is 8.51. The summed E-state index contributed by atoms with van der Waals surface area (Å²) in [6, 6.07) is 19.1. The fourth-order valence-corrected chi connectivity index (χ4v) is 3.55. The molecule has 3 rings (SSSR count). The van der Waals surface area contributed by atoms with Crippen LogP contribution >= 0.6 is 11.3 Å². The molecule has 2 N–H and O–H groups in total. The molecule has 0 saturated heterocycles. The van der Waals surface area contributed by atoms with E-state index in [1.54, 1.807) is 19.2 Å². The van der Waals surface area contributed by atoms with Crippen molar-refractivity contribution in [2.45, 2.75) is 13.3 Å². The minimum absolute atomic E-state index is 0.162. The summed E-state index contributed by atoms with van der Waals surface area (Å²) in [5.41, 5.74) is 2.85. The maximum absolute atomic E-state index is 12.5. The zero-order valence-corrected chi connectivity index (χ0v) is 15.9. The number of hydrogen-bond acceptors (Lipinski definition) is 4. The maximum Gasteiger partial charge on any atom is 0.265 e. The first-order valence-corrected chi connectivity index (χ1v) is 9.26. The van der Waals surface area contributed by atoms with Crippen LogP contribution in [-0.4, -0.2) is 18.9 Å². The molecule has 6 heteroatoms. The fraction of sp³-hybridized carbons (Fsp3) is 0.143. The Kier molecular flexibility index (Phi) is 5.88. The highest BCUT2D eigenvalue weighted by atomic mass is 32.1. The number of ether oxygens (including phenoxy) is 1. The summed E-state index contributed by atoms with van der Waals surface area (Å²) in [4.78, 5) is 24.1. The zero-order chi connectivity index (χ0) is 19.2. The number of benzene rings is 2. The molecule has 1 heterocycles. The predicted molar refractivity (Wildman–Crippen MR) is 109 cm³/mol.